The summed E-state index contributed by atoms with van der Waals surface area (Å²) >= 11 is 0. The van der Waals surface area contributed by atoms with Gasteiger partial charge in [0.1, 0.15) is 6.61 Å². The summed E-state index contributed by atoms with van der Waals surface area (Å²) in [6.45, 7) is 28.3. The highest BCUT2D eigenvalue weighted by Gasteiger charge is 2.36. The Morgan fingerprint density at radius 3 is 1.56 bits per heavy atom. The molecule has 1 unspecified atom stereocenters. The number of carbonyl (C=O) groups excluding carboxylic acids is 1. The maximum Gasteiger partial charge on any atom is 0.312 e. The second kappa shape index (κ2) is 25.4. The number of unbranched alkanes of at least 4 members (excludes halogenated alkanes) is 2. The SMILES string of the molecule is CC.CC.CC.CCCCN(CCCC)CCOC(=O)C(C)(CC)C(C)C. The molecule has 0 aliphatic carbocycles. The van der Waals surface area contributed by atoms with Crippen molar-refractivity contribution in [2.45, 2.75) is 115 Å². The van der Waals surface area contributed by atoms with Gasteiger partial charge in [-0.3, -0.25) is 9.69 Å². The van der Waals surface area contributed by atoms with Gasteiger partial charge in [0.25, 0.3) is 0 Å². The molecule has 168 valence electrons. The summed E-state index contributed by atoms with van der Waals surface area (Å²) in [4.78, 5) is 14.7. The highest BCUT2D eigenvalue weighted by molar-refractivity contribution is 5.76. The zero-order valence-corrected chi connectivity index (χ0v) is 21.2. The molecule has 0 heterocycles. The molecular weight excluding hydrogens is 334 g/mol. The summed E-state index contributed by atoms with van der Waals surface area (Å²) in [5, 5.41) is 0. The minimum Gasteiger partial charge on any atom is -0.464 e. The van der Waals surface area contributed by atoms with Crippen LogP contribution in [0.5, 0.6) is 0 Å². The maximum absolute atomic E-state index is 12.3. The fourth-order valence-electron chi connectivity index (χ4n) is 2.32. The van der Waals surface area contributed by atoms with Gasteiger partial charge in [-0.1, -0.05) is 89.0 Å². The Balaban J connectivity index is -0.000000397. The van der Waals surface area contributed by atoms with Crippen molar-refractivity contribution in [3.8, 4) is 0 Å². The Labute approximate surface area is 173 Å². The predicted molar refractivity (Wildman–Crippen MR) is 124 cm³/mol. The van der Waals surface area contributed by atoms with Crippen molar-refractivity contribution in [2.24, 2.45) is 11.3 Å². The van der Waals surface area contributed by atoms with Crippen molar-refractivity contribution in [1.82, 2.24) is 4.90 Å². The van der Waals surface area contributed by atoms with Crippen molar-refractivity contribution >= 4 is 5.97 Å². The number of hydrogen-bond acceptors (Lipinski definition) is 3. The lowest BCUT2D eigenvalue weighted by atomic mass is 9.77. The molecule has 0 bridgehead atoms. The van der Waals surface area contributed by atoms with Gasteiger partial charge < -0.3 is 4.74 Å². The standard InChI is InChI=1S/C18H37NO2.3C2H6/c1-7-10-12-19(13-11-8-2)14-15-21-17(20)18(6,9-3)16(4)5;3*1-2/h16H,7-15H2,1-6H3;3*1-2H3. The van der Waals surface area contributed by atoms with Gasteiger partial charge >= 0.3 is 5.97 Å². The molecule has 27 heavy (non-hydrogen) atoms. The average molecular weight is 390 g/mol. The highest BCUT2D eigenvalue weighted by Crippen LogP contribution is 2.32. The third-order valence-corrected chi connectivity index (χ3v) is 4.77. The normalized spacial score (nSPS) is 11.9. The molecule has 0 aliphatic rings. The van der Waals surface area contributed by atoms with E-state index in [-0.39, 0.29) is 11.4 Å². The summed E-state index contributed by atoms with van der Waals surface area (Å²) in [5.41, 5.74) is -0.350. The van der Waals surface area contributed by atoms with Crippen LogP contribution in [0.2, 0.25) is 0 Å². The van der Waals surface area contributed by atoms with E-state index in [0.29, 0.717) is 12.5 Å². The molecule has 3 nitrogen and oxygen atoms in total. The monoisotopic (exact) mass is 389 g/mol. The number of ether oxygens (including phenoxy) is 1. The van der Waals surface area contributed by atoms with E-state index in [1.54, 1.807) is 0 Å². The van der Waals surface area contributed by atoms with Gasteiger partial charge in [-0.2, -0.15) is 0 Å². The van der Waals surface area contributed by atoms with E-state index in [1.807, 2.05) is 48.5 Å². The van der Waals surface area contributed by atoms with E-state index in [2.05, 4.69) is 39.5 Å². The third-order valence-electron chi connectivity index (χ3n) is 4.77. The van der Waals surface area contributed by atoms with Crippen LogP contribution in [-0.4, -0.2) is 37.1 Å². The first-order valence-electron chi connectivity index (χ1n) is 11.8. The molecule has 0 aromatic rings. The molecule has 0 saturated heterocycles. The number of esters is 1. The summed E-state index contributed by atoms with van der Waals surface area (Å²) in [5.74, 6) is 0.275. The lowest BCUT2D eigenvalue weighted by Gasteiger charge is -2.30. The van der Waals surface area contributed by atoms with E-state index < -0.39 is 0 Å². The molecule has 0 amide bonds. The number of nitrogens with zero attached hydrogens (tertiary/aromatic N) is 1. The van der Waals surface area contributed by atoms with Gasteiger partial charge in [-0.05, 0) is 45.2 Å². The van der Waals surface area contributed by atoms with Crippen molar-refractivity contribution in [1.29, 1.82) is 0 Å². The van der Waals surface area contributed by atoms with E-state index in [9.17, 15) is 4.79 Å². The molecule has 0 rings (SSSR count). The number of hydrogen-bond donors (Lipinski definition) is 0. The Kier molecular flexibility index (Phi) is 32.0. The molecule has 0 N–H and O–H groups in total. The summed E-state index contributed by atoms with van der Waals surface area (Å²) in [7, 11) is 0. The van der Waals surface area contributed by atoms with Gasteiger partial charge in [0.15, 0.2) is 0 Å². The molecule has 0 aromatic heterocycles. The van der Waals surface area contributed by atoms with Gasteiger partial charge in [-0.15, -0.1) is 0 Å². The molecule has 0 spiro atoms. The Morgan fingerprint density at radius 1 is 0.852 bits per heavy atom. The topological polar surface area (TPSA) is 29.5 Å². The van der Waals surface area contributed by atoms with Crippen LogP contribution in [0.15, 0.2) is 0 Å². The lowest BCUT2D eigenvalue weighted by molar-refractivity contribution is -0.158. The van der Waals surface area contributed by atoms with Crippen LogP contribution >= 0.6 is 0 Å². The second-order valence-electron chi connectivity index (χ2n) is 6.61. The first kappa shape index (κ1) is 34.0. The Morgan fingerprint density at radius 2 is 1.26 bits per heavy atom. The molecule has 0 aromatic carbocycles. The van der Waals surface area contributed by atoms with Gasteiger partial charge in [-0.25, -0.2) is 0 Å². The first-order valence-corrected chi connectivity index (χ1v) is 11.8. The van der Waals surface area contributed by atoms with Gasteiger partial charge in [0, 0.05) is 6.54 Å². The van der Waals surface area contributed by atoms with E-state index in [0.717, 1.165) is 26.1 Å². The lowest BCUT2D eigenvalue weighted by Crippen LogP contribution is -2.37. The third kappa shape index (κ3) is 17.3. The molecule has 0 aliphatic heterocycles. The fourth-order valence-corrected chi connectivity index (χ4v) is 2.32. The van der Waals surface area contributed by atoms with Crippen LogP contribution in [0, 0.1) is 11.3 Å². The number of rotatable bonds is 12. The van der Waals surface area contributed by atoms with E-state index >= 15 is 0 Å². The van der Waals surface area contributed by atoms with Gasteiger partial charge in [0.2, 0.25) is 0 Å². The zero-order chi connectivity index (χ0) is 22.3. The average Bonchev–Trinajstić information content (AvgIpc) is 2.72. The molecule has 0 saturated carbocycles. The minimum absolute atomic E-state index is 0.0362. The maximum atomic E-state index is 12.3. The fraction of sp³-hybridized carbons (Fsp3) is 0.958. The summed E-state index contributed by atoms with van der Waals surface area (Å²) < 4.78 is 5.57. The quantitative estimate of drug-likeness (QED) is 0.322. The van der Waals surface area contributed by atoms with Crippen LogP contribution in [0.25, 0.3) is 0 Å². The second-order valence-corrected chi connectivity index (χ2v) is 6.61. The molecule has 1 atom stereocenters. The van der Waals surface area contributed by atoms with Crippen LogP contribution in [-0.2, 0) is 9.53 Å². The molecule has 3 heteroatoms. The zero-order valence-electron chi connectivity index (χ0n) is 21.2. The Bertz CT molecular complexity index is 272. The van der Waals surface area contributed by atoms with E-state index in [4.69, 9.17) is 4.74 Å². The van der Waals surface area contributed by atoms with Crippen molar-refractivity contribution < 1.29 is 9.53 Å². The summed E-state index contributed by atoms with van der Waals surface area (Å²) in [6.07, 6.45) is 5.69. The van der Waals surface area contributed by atoms with Crippen LogP contribution in [0.3, 0.4) is 0 Å². The van der Waals surface area contributed by atoms with Crippen molar-refractivity contribution in [3.63, 3.8) is 0 Å². The number of carbonyl (C=O) groups is 1. The van der Waals surface area contributed by atoms with Gasteiger partial charge in [0.05, 0.1) is 5.41 Å². The smallest absolute Gasteiger partial charge is 0.312 e. The minimum atomic E-state index is -0.350. The Hall–Kier alpha value is -0.570. The molecule has 0 radical (unpaired) electrons. The van der Waals surface area contributed by atoms with Crippen LogP contribution < -0.4 is 0 Å². The van der Waals surface area contributed by atoms with E-state index in [1.165, 1.54) is 25.7 Å². The molecule has 0 fully saturated rings. The highest BCUT2D eigenvalue weighted by atomic mass is 16.5. The summed E-state index contributed by atoms with van der Waals surface area (Å²) in [6, 6.07) is 0. The largest absolute Gasteiger partial charge is 0.464 e. The van der Waals surface area contributed by atoms with Crippen molar-refractivity contribution in [2.75, 3.05) is 26.2 Å². The van der Waals surface area contributed by atoms with Crippen LogP contribution in [0.4, 0.5) is 0 Å². The molecular formula is C24H55NO2. The van der Waals surface area contributed by atoms with Crippen molar-refractivity contribution in [3.05, 3.63) is 0 Å². The first-order chi connectivity index (χ1) is 12.9. The van der Waals surface area contributed by atoms with Crippen LogP contribution in [0.1, 0.15) is 115 Å². The predicted octanol–water partition coefficient (Wildman–Crippen LogP) is 7.58.